The molecule has 0 aromatic heterocycles. The van der Waals surface area contributed by atoms with Gasteiger partial charge in [-0.25, -0.2) is 0 Å². The number of piperidine rings is 1. The number of hydrogen-bond donors (Lipinski definition) is 2. The molecule has 1 atom stereocenters. The zero-order valence-corrected chi connectivity index (χ0v) is 14.2. The molecule has 4 heteroatoms. The van der Waals surface area contributed by atoms with Crippen molar-refractivity contribution in [3.8, 4) is 0 Å². The molecule has 2 heterocycles. The molecule has 0 radical (unpaired) electrons. The number of hydrogen-bond acceptors (Lipinski definition) is 3. The molecule has 0 saturated carbocycles. The average Bonchev–Trinajstić information content (AvgIpc) is 3.03. The molecule has 0 bridgehead atoms. The predicted molar refractivity (Wildman–Crippen MR) is 93.1 cm³/mol. The van der Waals surface area contributed by atoms with Gasteiger partial charge in [-0.1, -0.05) is 37.3 Å². The van der Waals surface area contributed by atoms with Gasteiger partial charge in [0.1, 0.15) is 0 Å². The van der Waals surface area contributed by atoms with Crippen LogP contribution in [0.4, 0.5) is 0 Å². The molecule has 2 saturated heterocycles. The van der Waals surface area contributed by atoms with Crippen LogP contribution in [0.1, 0.15) is 38.2 Å². The van der Waals surface area contributed by atoms with Crippen molar-refractivity contribution in [2.45, 2.75) is 45.2 Å². The zero-order chi connectivity index (χ0) is 16.1. The van der Waals surface area contributed by atoms with Crippen molar-refractivity contribution in [1.29, 1.82) is 0 Å². The predicted octanol–water partition coefficient (Wildman–Crippen LogP) is 2.16. The molecule has 1 aromatic carbocycles. The molecule has 2 N–H and O–H groups in total. The molecule has 0 spiro atoms. The van der Waals surface area contributed by atoms with E-state index in [9.17, 15) is 4.79 Å². The van der Waals surface area contributed by atoms with Crippen molar-refractivity contribution in [2.75, 3.05) is 26.2 Å². The standard InChI is InChI=1S/C19H29N3O/c1-19(9-11-20-12-10-19)15-21-18(23)17-8-5-13-22(17)14-16-6-3-2-4-7-16/h2-4,6-7,17,20H,5,8-15H2,1H3,(H,21,23). The molecule has 2 aliphatic rings. The summed E-state index contributed by atoms with van der Waals surface area (Å²) in [5.74, 6) is 0.221. The van der Waals surface area contributed by atoms with Gasteiger partial charge >= 0.3 is 0 Å². The van der Waals surface area contributed by atoms with Crippen LogP contribution in [0.25, 0.3) is 0 Å². The normalized spacial score (nSPS) is 24.5. The molecule has 4 nitrogen and oxygen atoms in total. The van der Waals surface area contributed by atoms with Crippen molar-refractivity contribution in [3.05, 3.63) is 35.9 Å². The van der Waals surface area contributed by atoms with E-state index in [1.165, 1.54) is 5.56 Å². The maximum atomic E-state index is 12.7. The smallest absolute Gasteiger partial charge is 0.237 e. The van der Waals surface area contributed by atoms with E-state index in [1.54, 1.807) is 0 Å². The Balaban J connectivity index is 1.53. The van der Waals surface area contributed by atoms with Gasteiger partial charge in [0.2, 0.25) is 5.91 Å². The number of rotatable bonds is 5. The zero-order valence-electron chi connectivity index (χ0n) is 14.2. The first-order valence-corrected chi connectivity index (χ1v) is 8.93. The monoisotopic (exact) mass is 315 g/mol. The van der Waals surface area contributed by atoms with Crippen molar-refractivity contribution in [3.63, 3.8) is 0 Å². The van der Waals surface area contributed by atoms with Crippen LogP contribution < -0.4 is 10.6 Å². The molecule has 126 valence electrons. The summed E-state index contributed by atoms with van der Waals surface area (Å²) >= 11 is 0. The molecule has 0 aliphatic carbocycles. The van der Waals surface area contributed by atoms with Gasteiger partial charge in [0.05, 0.1) is 6.04 Å². The first-order chi connectivity index (χ1) is 11.2. The van der Waals surface area contributed by atoms with Gasteiger partial charge < -0.3 is 10.6 Å². The fourth-order valence-electron chi connectivity index (χ4n) is 3.76. The lowest BCUT2D eigenvalue weighted by Crippen LogP contribution is -2.48. The van der Waals surface area contributed by atoms with Crippen LogP contribution in [0.5, 0.6) is 0 Å². The minimum Gasteiger partial charge on any atom is -0.354 e. The summed E-state index contributed by atoms with van der Waals surface area (Å²) in [5.41, 5.74) is 1.54. The topological polar surface area (TPSA) is 44.4 Å². The van der Waals surface area contributed by atoms with E-state index >= 15 is 0 Å². The second-order valence-electron chi connectivity index (χ2n) is 7.39. The molecular weight excluding hydrogens is 286 g/mol. The van der Waals surface area contributed by atoms with Crippen molar-refractivity contribution in [1.82, 2.24) is 15.5 Å². The van der Waals surface area contributed by atoms with Crippen molar-refractivity contribution in [2.24, 2.45) is 5.41 Å². The number of amides is 1. The van der Waals surface area contributed by atoms with E-state index in [-0.39, 0.29) is 17.4 Å². The minimum atomic E-state index is 0.0421. The van der Waals surface area contributed by atoms with Crippen molar-refractivity contribution >= 4 is 5.91 Å². The lowest BCUT2D eigenvalue weighted by atomic mass is 9.81. The summed E-state index contributed by atoms with van der Waals surface area (Å²) in [5, 5.41) is 6.64. The van der Waals surface area contributed by atoms with Crippen LogP contribution >= 0.6 is 0 Å². The fraction of sp³-hybridized carbons (Fsp3) is 0.632. The highest BCUT2D eigenvalue weighted by Gasteiger charge is 2.33. The van der Waals surface area contributed by atoms with Gasteiger partial charge in [-0.2, -0.15) is 0 Å². The third kappa shape index (κ3) is 4.33. The van der Waals surface area contributed by atoms with E-state index < -0.39 is 0 Å². The molecule has 23 heavy (non-hydrogen) atoms. The Morgan fingerprint density at radius 2 is 2.04 bits per heavy atom. The Kier molecular flexibility index (Phi) is 5.34. The number of benzene rings is 1. The van der Waals surface area contributed by atoms with Gasteiger partial charge in [-0.15, -0.1) is 0 Å². The first kappa shape index (κ1) is 16.5. The SMILES string of the molecule is CC1(CNC(=O)C2CCCN2Cc2ccccc2)CCNCC1. The quantitative estimate of drug-likeness (QED) is 0.875. The highest BCUT2D eigenvalue weighted by atomic mass is 16.2. The summed E-state index contributed by atoms with van der Waals surface area (Å²) in [6.45, 7) is 7.13. The van der Waals surface area contributed by atoms with E-state index in [0.717, 1.165) is 58.4 Å². The van der Waals surface area contributed by atoms with E-state index in [4.69, 9.17) is 0 Å². The van der Waals surface area contributed by atoms with Gasteiger partial charge in [-0.05, 0) is 56.3 Å². The Hall–Kier alpha value is -1.39. The average molecular weight is 315 g/mol. The van der Waals surface area contributed by atoms with Crippen LogP contribution in [0, 0.1) is 5.41 Å². The largest absolute Gasteiger partial charge is 0.354 e. The number of likely N-dealkylation sites (tertiary alicyclic amines) is 1. The van der Waals surface area contributed by atoms with Crippen LogP contribution in [0.3, 0.4) is 0 Å². The Bertz CT molecular complexity index is 511. The van der Waals surface area contributed by atoms with Gasteiger partial charge in [-0.3, -0.25) is 9.69 Å². The lowest BCUT2D eigenvalue weighted by Gasteiger charge is -2.35. The van der Waals surface area contributed by atoms with Gasteiger partial charge in [0, 0.05) is 13.1 Å². The minimum absolute atomic E-state index is 0.0421. The third-order valence-electron chi connectivity index (χ3n) is 5.39. The summed E-state index contributed by atoms with van der Waals surface area (Å²) in [7, 11) is 0. The molecule has 1 unspecified atom stereocenters. The third-order valence-corrected chi connectivity index (χ3v) is 5.39. The molecule has 1 amide bonds. The molecule has 3 rings (SSSR count). The van der Waals surface area contributed by atoms with Crippen LogP contribution in [0.2, 0.25) is 0 Å². The second kappa shape index (κ2) is 7.45. The summed E-state index contributed by atoms with van der Waals surface area (Å²) in [4.78, 5) is 15.0. The number of carbonyl (C=O) groups is 1. The number of nitrogens with zero attached hydrogens (tertiary/aromatic N) is 1. The van der Waals surface area contributed by atoms with Gasteiger partial charge in [0.15, 0.2) is 0 Å². The van der Waals surface area contributed by atoms with Gasteiger partial charge in [0.25, 0.3) is 0 Å². The second-order valence-corrected chi connectivity index (χ2v) is 7.39. The highest BCUT2D eigenvalue weighted by molar-refractivity contribution is 5.82. The summed E-state index contributed by atoms with van der Waals surface area (Å²) < 4.78 is 0. The van der Waals surface area contributed by atoms with E-state index in [0.29, 0.717) is 0 Å². The Labute approximate surface area is 139 Å². The van der Waals surface area contributed by atoms with Crippen LogP contribution in [0.15, 0.2) is 30.3 Å². The maximum absolute atomic E-state index is 12.7. The summed E-state index contributed by atoms with van der Waals surface area (Å²) in [6.07, 6.45) is 4.39. The van der Waals surface area contributed by atoms with Crippen LogP contribution in [-0.2, 0) is 11.3 Å². The van der Waals surface area contributed by atoms with Crippen LogP contribution in [-0.4, -0.2) is 43.0 Å². The first-order valence-electron chi connectivity index (χ1n) is 8.93. The molecule has 2 aliphatic heterocycles. The molecular formula is C19H29N3O. The molecule has 2 fully saturated rings. The lowest BCUT2D eigenvalue weighted by molar-refractivity contribution is -0.126. The highest BCUT2D eigenvalue weighted by Crippen LogP contribution is 2.27. The Morgan fingerprint density at radius 3 is 2.78 bits per heavy atom. The van der Waals surface area contributed by atoms with E-state index in [2.05, 4.69) is 46.7 Å². The fourth-order valence-corrected chi connectivity index (χ4v) is 3.76. The maximum Gasteiger partial charge on any atom is 0.237 e. The molecule has 1 aromatic rings. The number of nitrogens with one attached hydrogen (secondary N) is 2. The van der Waals surface area contributed by atoms with Crippen molar-refractivity contribution < 1.29 is 4.79 Å². The summed E-state index contributed by atoms with van der Waals surface area (Å²) in [6, 6.07) is 10.5. The van der Waals surface area contributed by atoms with E-state index in [1.807, 2.05) is 6.07 Å². The number of carbonyl (C=O) groups excluding carboxylic acids is 1. The Morgan fingerprint density at radius 1 is 1.30 bits per heavy atom.